The second-order valence-corrected chi connectivity index (χ2v) is 7.89. The number of rotatable bonds is 7. The number of methoxy groups -OCH3 is 1. The second kappa shape index (κ2) is 9.18. The van der Waals surface area contributed by atoms with Crippen LogP contribution in [0.25, 0.3) is 16.9 Å². The van der Waals surface area contributed by atoms with E-state index in [-0.39, 0.29) is 5.91 Å². The smallest absolute Gasteiger partial charge is 0.253 e. The van der Waals surface area contributed by atoms with E-state index in [1.807, 2.05) is 55.5 Å². The van der Waals surface area contributed by atoms with Gasteiger partial charge >= 0.3 is 0 Å². The van der Waals surface area contributed by atoms with Crippen molar-refractivity contribution in [3.8, 4) is 22.7 Å². The number of carbonyl (C=O) groups excluding carboxylic acids is 1. The first-order valence-electron chi connectivity index (χ1n) is 10.7. The number of nitrogens with zero attached hydrogens (tertiary/aromatic N) is 1. The highest BCUT2D eigenvalue weighted by molar-refractivity contribution is 5.97. The summed E-state index contributed by atoms with van der Waals surface area (Å²) in [6.45, 7) is 6.17. The van der Waals surface area contributed by atoms with Crippen molar-refractivity contribution in [2.75, 3.05) is 33.3 Å². The highest BCUT2D eigenvalue weighted by Gasteiger charge is 2.20. The Morgan fingerprint density at radius 1 is 1.07 bits per heavy atom. The van der Waals surface area contributed by atoms with E-state index in [0.29, 0.717) is 6.54 Å². The number of amides is 1. The van der Waals surface area contributed by atoms with Crippen molar-refractivity contribution in [1.82, 2.24) is 9.88 Å². The predicted molar refractivity (Wildman–Crippen MR) is 120 cm³/mol. The Morgan fingerprint density at radius 3 is 2.43 bits per heavy atom. The van der Waals surface area contributed by atoms with E-state index in [9.17, 15) is 4.79 Å². The monoisotopic (exact) mass is 404 g/mol. The zero-order valence-corrected chi connectivity index (χ0v) is 17.8. The van der Waals surface area contributed by atoms with E-state index in [2.05, 4.69) is 22.0 Å². The summed E-state index contributed by atoms with van der Waals surface area (Å²) >= 11 is 0. The molecule has 5 heteroatoms. The Labute approximate surface area is 178 Å². The third-order valence-electron chi connectivity index (χ3n) is 5.97. The second-order valence-electron chi connectivity index (χ2n) is 7.89. The molecule has 3 aromatic rings. The largest absolute Gasteiger partial charge is 0.497 e. The zero-order valence-electron chi connectivity index (χ0n) is 17.8. The fourth-order valence-corrected chi connectivity index (χ4v) is 4.29. The molecule has 0 bridgehead atoms. The van der Waals surface area contributed by atoms with Crippen molar-refractivity contribution in [2.45, 2.75) is 19.8 Å². The Kier molecular flexibility index (Phi) is 6.19. The van der Waals surface area contributed by atoms with E-state index in [1.165, 1.54) is 25.9 Å². The first kappa shape index (κ1) is 20.2. The van der Waals surface area contributed by atoms with Crippen LogP contribution in [-0.4, -0.2) is 43.8 Å². The first-order valence-corrected chi connectivity index (χ1v) is 10.7. The molecule has 1 saturated heterocycles. The Bertz CT molecular complexity index is 987. The SMILES string of the molecule is COc1ccc(-c2cc(C(=O)NCC[NH+]3CCCC3)c(C)n2-c2ccccc2)cc1. The average Bonchev–Trinajstić information content (AvgIpc) is 3.42. The molecule has 0 aliphatic carbocycles. The standard InChI is InChI=1S/C25H29N3O2/c1-19-23(25(29)26-14-17-27-15-6-7-16-27)18-24(20-10-12-22(30-2)13-11-20)28(19)21-8-4-3-5-9-21/h3-5,8-13,18H,6-7,14-17H2,1-2H3,(H,26,29)/p+1. The van der Waals surface area contributed by atoms with Crippen LogP contribution in [0.15, 0.2) is 60.7 Å². The van der Waals surface area contributed by atoms with E-state index in [4.69, 9.17) is 4.74 Å². The predicted octanol–water partition coefficient (Wildman–Crippen LogP) is 2.87. The van der Waals surface area contributed by atoms with Gasteiger partial charge in [0.2, 0.25) is 0 Å². The van der Waals surface area contributed by atoms with Gasteiger partial charge in [0.25, 0.3) is 5.91 Å². The molecule has 1 aliphatic rings. The number of hydrogen-bond acceptors (Lipinski definition) is 2. The molecule has 1 amide bonds. The summed E-state index contributed by atoms with van der Waals surface area (Å²) in [6.07, 6.45) is 2.60. The number of nitrogens with one attached hydrogen (secondary N) is 2. The van der Waals surface area contributed by atoms with Crippen molar-refractivity contribution in [3.05, 3.63) is 71.9 Å². The zero-order chi connectivity index (χ0) is 20.9. The molecular weight excluding hydrogens is 374 g/mol. The van der Waals surface area contributed by atoms with Crippen molar-refractivity contribution in [2.24, 2.45) is 0 Å². The molecule has 1 aromatic heterocycles. The number of likely N-dealkylation sites (tertiary alicyclic amines) is 1. The molecule has 1 fully saturated rings. The summed E-state index contributed by atoms with van der Waals surface area (Å²) in [5.74, 6) is 0.811. The Morgan fingerprint density at radius 2 is 1.77 bits per heavy atom. The van der Waals surface area contributed by atoms with Crippen molar-refractivity contribution in [3.63, 3.8) is 0 Å². The minimum absolute atomic E-state index is 0.00413. The van der Waals surface area contributed by atoms with Crippen molar-refractivity contribution in [1.29, 1.82) is 0 Å². The van der Waals surface area contributed by atoms with Gasteiger partial charge in [-0.1, -0.05) is 18.2 Å². The molecule has 2 aromatic carbocycles. The molecule has 156 valence electrons. The van der Waals surface area contributed by atoms with Gasteiger partial charge in [-0.05, 0) is 55.0 Å². The molecule has 4 rings (SSSR count). The first-order chi connectivity index (χ1) is 14.7. The number of carbonyl (C=O) groups is 1. The van der Waals surface area contributed by atoms with Crippen LogP contribution in [0.5, 0.6) is 5.75 Å². The number of hydrogen-bond donors (Lipinski definition) is 2. The highest BCUT2D eigenvalue weighted by Crippen LogP contribution is 2.30. The van der Waals surface area contributed by atoms with Crippen LogP contribution >= 0.6 is 0 Å². The normalized spacial score (nSPS) is 14.1. The fraction of sp³-hybridized carbons (Fsp3) is 0.320. The minimum atomic E-state index is -0.00413. The third-order valence-corrected chi connectivity index (χ3v) is 5.97. The number of para-hydroxylation sites is 1. The highest BCUT2D eigenvalue weighted by atomic mass is 16.5. The summed E-state index contributed by atoms with van der Waals surface area (Å²) in [5, 5.41) is 3.14. The quantitative estimate of drug-likeness (QED) is 0.636. The third kappa shape index (κ3) is 4.26. The molecule has 0 unspecified atom stereocenters. The summed E-state index contributed by atoms with van der Waals surface area (Å²) in [7, 11) is 1.66. The molecule has 2 heterocycles. The van der Waals surface area contributed by atoms with Gasteiger partial charge < -0.3 is 19.5 Å². The summed E-state index contributed by atoms with van der Waals surface area (Å²) in [5.41, 5.74) is 4.75. The summed E-state index contributed by atoms with van der Waals surface area (Å²) in [4.78, 5) is 14.6. The van der Waals surface area contributed by atoms with E-state index >= 15 is 0 Å². The number of benzene rings is 2. The van der Waals surface area contributed by atoms with Gasteiger partial charge in [0.05, 0.1) is 44.5 Å². The molecular formula is C25H30N3O2+. The molecule has 1 aliphatic heterocycles. The summed E-state index contributed by atoms with van der Waals surface area (Å²) in [6, 6.07) is 20.1. The Hall–Kier alpha value is -3.05. The van der Waals surface area contributed by atoms with Crippen LogP contribution in [0.3, 0.4) is 0 Å². The lowest BCUT2D eigenvalue weighted by atomic mass is 10.1. The molecule has 0 radical (unpaired) electrons. The van der Waals surface area contributed by atoms with Crippen LogP contribution in [-0.2, 0) is 0 Å². The van der Waals surface area contributed by atoms with Gasteiger partial charge in [0.1, 0.15) is 5.75 Å². The van der Waals surface area contributed by atoms with Gasteiger partial charge in [0.15, 0.2) is 0 Å². The molecule has 0 atom stereocenters. The maximum absolute atomic E-state index is 13.0. The minimum Gasteiger partial charge on any atom is -0.497 e. The van der Waals surface area contributed by atoms with Crippen molar-refractivity contribution >= 4 is 5.91 Å². The molecule has 5 nitrogen and oxygen atoms in total. The lowest BCUT2D eigenvalue weighted by molar-refractivity contribution is -0.886. The van der Waals surface area contributed by atoms with Gasteiger partial charge in [-0.3, -0.25) is 4.79 Å². The molecule has 30 heavy (non-hydrogen) atoms. The topological polar surface area (TPSA) is 47.7 Å². The van der Waals surface area contributed by atoms with Crippen LogP contribution in [0.1, 0.15) is 28.9 Å². The number of aromatic nitrogens is 1. The van der Waals surface area contributed by atoms with E-state index < -0.39 is 0 Å². The number of quaternary nitrogens is 1. The Balaban J connectivity index is 1.63. The van der Waals surface area contributed by atoms with E-state index in [1.54, 1.807) is 12.0 Å². The molecule has 0 saturated carbocycles. The van der Waals surface area contributed by atoms with E-state index in [0.717, 1.165) is 40.5 Å². The van der Waals surface area contributed by atoms with Crippen LogP contribution in [0.2, 0.25) is 0 Å². The number of ether oxygens (including phenoxy) is 1. The average molecular weight is 405 g/mol. The lowest BCUT2D eigenvalue weighted by Gasteiger charge is -2.13. The van der Waals surface area contributed by atoms with Crippen LogP contribution < -0.4 is 15.0 Å². The maximum atomic E-state index is 13.0. The van der Waals surface area contributed by atoms with Crippen LogP contribution in [0, 0.1) is 6.92 Å². The van der Waals surface area contributed by atoms with Gasteiger partial charge in [-0.2, -0.15) is 0 Å². The van der Waals surface area contributed by atoms with Gasteiger partial charge in [0, 0.05) is 24.2 Å². The fourth-order valence-electron chi connectivity index (χ4n) is 4.29. The lowest BCUT2D eigenvalue weighted by Crippen LogP contribution is -3.10. The van der Waals surface area contributed by atoms with Crippen LogP contribution in [0.4, 0.5) is 0 Å². The van der Waals surface area contributed by atoms with Gasteiger partial charge in [-0.15, -0.1) is 0 Å². The molecule has 0 spiro atoms. The van der Waals surface area contributed by atoms with Gasteiger partial charge in [-0.25, -0.2) is 0 Å². The molecule has 2 N–H and O–H groups in total. The maximum Gasteiger partial charge on any atom is 0.253 e. The summed E-state index contributed by atoms with van der Waals surface area (Å²) < 4.78 is 7.46. The van der Waals surface area contributed by atoms with Crippen molar-refractivity contribution < 1.29 is 14.4 Å².